The first-order valence-corrected chi connectivity index (χ1v) is 7.77. The number of hydrogen-bond acceptors (Lipinski definition) is 2. The summed E-state index contributed by atoms with van der Waals surface area (Å²) in [5.41, 5.74) is 8.58. The van der Waals surface area contributed by atoms with Crippen LogP contribution in [0.1, 0.15) is 51.5 Å². The monoisotopic (exact) mass is 260 g/mol. The maximum atomic E-state index is 5.92. The van der Waals surface area contributed by atoms with Crippen LogP contribution in [0.5, 0.6) is 0 Å². The van der Waals surface area contributed by atoms with Gasteiger partial charge in [-0.1, -0.05) is 44.9 Å². The van der Waals surface area contributed by atoms with Crippen molar-refractivity contribution in [2.75, 3.05) is 11.4 Å². The van der Waals surface area contributed by atoms with Gasteiger partial charge in [-0.3, -0.25) is 0 Å². The normalized spacial score (nSPS) is 16.2. The van der Waals surface area contributed by atoms with Gasteiger partial charge in [0, 0.05) is 24.8 Å². The lowest BCUT2D eigenvalue weighted by Crippen LogP contribution is -2.35. The summed E-state index contributed by atoms with van der Waals surface area (Å²) >= 11 is 0. The Kier molecular flexibility index (Phi) is 5.26. The summed E-state index contributed by atoms with van der Waals surface area (Å²) in [7, 11) is 0. The average Bonchev–Trinajstić information content (AvgIpc) is 2.93. The van der Waals surface area contributed by atoms with Crippen molar-refractivity contribution >= 4 is 5.69 Å². The molecule has 19 heavy (non-hydrogen) atoms. The van der Waals surface area contributed by atoms with E-state index in [1.165, 1.54) is 49.9 Å². The summed E-state index contributed by atoms with van der Waals surface area (Å²) in [6.45, 7) is 6.42. The van der Waals surface area contributed by atoms with Crippen molar-refractivity contribution in [1.29, 1.82) is 0 Å². The van der Waals surface area contributed by atoms with Gasteiger partial charge in [0.05, 0.1) is 0 Å². The molecule has 106 valence electrons. The lowest BCUT2D eigenvalue weighted by Gasteiger charge is -2.33. The highest BCUT2D eigenvalue weighted by molar-refractivity contribution is 5.54. The van der Waals surface area contributed by atoms with Crippen molar-refractivity contribution in [3.05, 3.63) is 29.8 Å². The first kappa shape index (κ1) is 14.4. The molecule has 0 bridgehead atoms. The molecule has 0 atom stereocenters. The second-order valence-corrected chi connectivity index (χ2v) is 6.15. The lowest BCUT2D eigenvalue weighted by molar-refractivity contribution is 0.527. The van der Waals surface area contributed by atoms with Gasteiger partial charge in [-0.25, -0.2) is 0 Å². The SMILES string of the molecule is CC(C)CCN(c1ccccc1CN)C1CCCC1. The molecule has 1 aromatic carbocycles. The fourth-order valence-electron chi connectivity index (χ4n) is 3.08. The van der Waals surface area contributed by atoms with Crippen LogP contribution in [0.2, 0.25) is 0 Å². The van der Waals surface area contributed by atoms with Crippen molar-refractivity contribution in [2.24, 2.45) is 11.7 Å². The standard InChI is InChI=1S/C17H28N2/c1-14(2)11-12-19(16-8-4-5-9-16)17-10-6-3-7-15(17)13-18/h3,6-7,10,14,16H,4-5,8-9,11-13,18H2,1-2H3. The second kappa shape index (κ2) is 6.95. The van der Waals surface area contributed by atoms with Crippen LogP contribution in [0.4, 0.5) is 5.69 Å². The zero-order chi connectivity index (χ0) is 13.7. The molecule has 0 aromatic heterocycles. The topological polar surface area (TPSA) is 29.3 Å². The molecular weight excluding hydrogens is 232 g/mol. The van der Waals surface area contributed by atoms with Crippen LogP contribution in [0, 0.1) is 5.92 Å². The van der Waals surface area contributed by atoms with E-state index < -0.39 is 0 Å². The van der Waals surface area contributed by atoms with Gasteiger partial charge < -0.3 is 10.6 Å². The number of hydrogen-bond donors (Lipinski definition) is 1. The Balaban J connectivity index is 2.19. The summed E-state index contributed by atoms with van der Waals surface area (Å²) in [5, 5.41) is 0. The minimum absolute atomic E-state index is 0.640. The van der Waals surface area contributed by atoms with E-state index in [0.29, 0.717) is 6.54 Å². The van der Waals surface area contributed by atoms with Crippen LogP contribution in [-0.2, 0) is 6.54 Å². The fraction of sp³-hybridized carbons (Fsp3) is 0.647. The summed E-state index contributed by atoms with van der Waals surface area (Å²) in [6, 6.07) is 9.40. The first-order valence-electron chi connectivity index (χ1n) is 7.77. The molecule has 1 aliphatic rings. The Hall–Kier alpha value is -1.02. The molecule has 2 N–H and O–H groups in total. The van der Waals surface area contributed by atoms with Gasteiger partial charge >= 0.3 is 0 Å². The van der Waals surface area contributed by atoms with Crippen LogP contribution >= 0.6 is 0 Å². The molecule has 1 fully saturated rings. The molecule has 0 heterocycles. The van der Waals surface area contributed by atoms with Crippen LogP contribution in [0.25, 0.3) is 0 Å². The molecule has 1 aromatic rings. The number of nitrogens with zero attached hydrogens (tertiary/aromatic N) is 1. The molecule has 0 amide bonds. The first-order chi connectivity index (χ1) is 9.22. The third kappa shape index (κ3) is 3.73. The molecule has 2 rings (SSSR count). The Labute approximate surface area is 118 Å². The van der Waals surface area contributed by atoms with Crippen LogP contribution in [0.3, 0.4) is 0 Å². The van der Waals surface area contributed by atoms with Gasteiger partial charge in [-0.15, -0.1) is 0 Å². The largest absolute Gasteiger partial charge is 0.368 e. The van der Waals surface area contributed by atoms with Gasteiger partial charge in [0.2, 0.25) is 0 Å². The highest BCUT2D eigenvalue weighted by Gasteiger charge is 2.24. The lowest BCUT2D eigenvalue weighted by atomic mass is 10.1. The predicted octanol–water partition coefficient (Wildman–Crippen LogP) is 3.94. The van der Waals surface area contributed by atoms with Gasteiger partial charge in [0.15, 0.2) is 0 Å². The number of para-hydroxylation sites is 1. The summed E-state index contributed by atoms with van der Waals surface area (Å²) in [6.07, 6.45) is 6.71. The molecule has 2 heteroatoms. The number of anilines is 1. The second-order valence-electron chi connectivity index (χ2n) is 6.15. The van der Waals surface area contributed by atoms with Crippen molar-refractivity contribution in [2.45, 2.75) is 58.5 Å². The quantitative estimate of drug-likeness (QED) is 0.839. The van der Waals surface area contributed by atoms with E-state index in [2.05, 4.69) is 43.0 Å². The van der Waals surface area contributed by atoms with Crippen molar-refractivity contribution in [3.8, 4) is 0 Å². The third-order valence-corrected chi connectivity index (χ3v) is 4.23. The van der Waals surface area contributed by atoms with Gasteiger partial charge in [0.1, 0.15) is 0 Å². The molecule has 0 aliphatic heterocycles. The van der Waals surface area contributed by atoms with Gasteiger partial charge in [-0.2, -0.15) is 0 Å². The highest BCUT2D eigenvalue weighted by atomic mass is 15.2. The molecule has 1 saturated carbocycles. The smallest absolute Gasteiger partial charge is 0.0414 e. The zero-order valence-corrected chi connectivity index (χ0v) is 12.4. The van der Waals surface area contributed by atoms with Crippen molar-refractivity contribution in [3.63, 3.8) is 0 Å². The summed E-state index contributed by atoms with van der Waals surface area (Å²) in [5.74, 6) is 0.758. The van der Waals surface area contributed by atoms with Crippen LogP contribution in [0.15, 0.2) is 24.3 Å². The highest BCUT2D eigenvalue weighted by Crippen LogP contribution is 2.31. The van der Waals surface area contributed by atoms with E-state index in [4.69, 9.17) is 5.73 Å². The molecular formula is C17H28N2. The molecule has 0 radical (unpaired) electrons. The number of rotatable bonds is 6. The van der Waals surface area contributed by atoms with Gasteiger partial charge in [0.25, 0.3) is 0 Å². The molecule has 0 saturated heterocycles. The zero-order valence-electron chi connectivity index (χ0n) is 12.4. The number of benzene rings is 1. The molecule has 1 aliphatic carbocycles. The Bertz CT molecular complexity index is 381. The Morgan fingerprint density at radius 1 is 1.21 bits per heavy atom. The van der Waals surface area contributed by atoms with E-state index in [0.717, 1.165) is 12.0 Å². The number of nitrogens with two attached hydrogens (primary N) is 1. The van der Waals surface area contributed by atoms with Crippen LogP contribution < -0.4 is 10.6 Å². The van der Waals surface area contributed by atoms with E-state index in [9.17, 15) is 0 Å². The third-order valence-electron chi connectivity index (χ3n) is 4.23. The summed E-state index contributed by atoms with van der Waals surface area (Å²) < 4.78 is 0. The van der Waals surface area contributed by atoms with E-state index >= 15 is 0 Å². The molecule has 0 unspecified atom stereocenters. The van der Waals surface area contributed by atoms with Crippen molar-refractivity contribution < 1.29 is 0 Å². The fourth-order valence-corrected chi connectivity index (χ4v) is 3.08. The molecule has 2 nitrogen and oxygen atoms in total. The summed E-state index contributed by atoms with van der Waals surface area (Å²) in [4.78, 5) is 2.63. The van der Waals surface area contributed by atoms with E-state index in [1.54, 1.807) is 0 Å². The predicted molar refractivity (Wildman–Crippen MR) is 83.4 cm³/mol. The van der Waals surface area contributed by atoms with E-state index in [1.807, 2.05) is 0 Å². The minimum atomic E-state index is 0.640. The van der Waals surface area contributed by atoms with Crippen LogP contribution in [-0.4, -0.2) is 12.6 Å². The maximum Gasteiger partial charge on any atom is 0.0414 e. The maximum absolute atomic E-state index is 5.92. The minimum Gasteiger partial charge on any atom is -0.368 e. The average molecular weight is 260 g/mol. The van der Waals surface area contributed by atoms with E-state index in [-0.39, 0.29) is 0 Å². The Morgan fingerprint density at radius 2 is 1.89 bits per heavy atom. The Morgan fingerprint density at radius 3 is 2.53 bits per heavy atom. The molecule has 0 spiro atoms. The van der Waals surface area contributed by atoms with Crippen molar-refractivity contribution in [1.82, 2.24) is 0 Å². The van der Waals surface area contributed by atoms with Gasteiger partial charge in [-0.05, 0) is 36.8 Å².